The number of rotatable bonds is 31. The topological polar surface area (TPSA) is 9.23 Å². The van der Waals surface area contributed by atoms with E-state index in [0.717, 1.165) is 13.0 Å². The Morgan fingerprint density at radius 2 is 0.588 bits per heavy atom. The first kappa shape index (κ1) is 34.0. The molecule has 34 heavy (non-hydrogen) atoms. The van der Waals surface area contributed by atoms with Crippen molar-refractivity contribution in [2.45, 2.75) is 200 Å². The fourth-order valence-corrected chi connectivity index (χ4v) is 4.94. The number of ether oxygens (including phenoxy) is 1. The molecule has 0 rings (SSSR count). The number of unbranched alkanes of at least 4 members (excludes halogenated alkanes) is 27. The van der Waals surface area contributed by atoms with E-state index in [2.05, 4.69) is 13.8 Å². The highest BCUT2D eigenvalue weighted by molar-refractivity contribution is 4.54. The molecule has 0 aliphatic carbocycles. The fourth-order valence-electron chi connectivity index (χ4n) is 4.94. The lowest BCUT2D eigenvalue weighted by atomic mass is 10.0. The van der Waals surface area contributed by atoms with E-state index < -0.39 is 0 Å². The van der Waals surface area contributed by atoms with Crippen molar-refractivity contribution in [3.05, 3.63) is 6.61 Å². The smallest absolute Gasteiger partial charge is 0.0836 e. The molecule has 0 aliphatic rings. The minimum absolute atomic E-state index is 0.913. The number of hydrogen-bond acceptors (Lipinski definition) is 1. The van der Waals surface area contributed by atoms with E-state index in [1.54, 1.807) is 0 Å². The predicted octanol–water partition coefficient (Wildman–Crippen LogP) is 12.5. The van der Waals surface area contributed by atoms with E-state index in [1.807, 2.05) is 6.61 Å². The molecular formula is C33H67O. The van der Waals surface area contributed by atoms with Crippen LogP contribution in [0.3, 0.4) is 0 Å². The average molecular weight is 480 g/mol. The van der Waals surface area contributed by atoms with Gasteiger partial charge >= 0.3 is 0 Å². The van der Waals surface area contributed by atoms with Gasteiger partial charge in [-0.05, 0) is 12.8 Å². The first-order chi connectivity index (χ1) is 16.9. The van der Waals surface area contributed by atoms with Gasteiger partial charge in [0, 0.05) is 6.61 Å². The van der Waals surface area contributed by atoms with Gasteiger partial charge in [0.2, 0.25) is 0 Å². The van der Waals surface area contributed by atoms with Crippen molar-refractivity contribution in [3.8, 4) is 0 Å². The van der Waals surface area contributed by atoms with Crippen LogP contribution in [-0.4, -0.2) is 6.61 Å². The second kappa shape index (κ2) is 33.0. The molecule has 205 valence electrons. The summed E-state index contributed by atoms with van der Waals surface area (Å²) in [5.41, 5.74) is 0. The van der Waals surface area contributed by atoms with Gasteiger partial charge in [-0.2, -0.15) is 0 Å². The van der Waals surface area contributed by atoms with E-state index in [0.29, 0.717) is 0 Å². The van der Waals surface area contributed by atoms with Gasteiger partial charge in [-0.25, -0.2) is 0 Å². The van der Waals surface area contributed by atoms with Gasteiger partial charge in [-0.1, -0.05) is 187 Å². The lowest BCUT2D eigenvalue weighted by molar-refractivity contribution is 0.185. The Labute approximate surface area is 218 Å². The lowest BCUT2D eigenvalue weighted by Crippen LogP contribution is -1.91. The minimum Gasteiger partial charge on any atom is -0.376 e. The maximum atomic E-state index is 5.51. The summed E-state index contributed by atoms with van der Waals surface area (Å²) in [6.45, 7) is 7.47. The molecule has 0 bridgehead atoms. The summed E-state index contributed by atoms with van der Waals surface area (Å²) in [4.78, 5) is 0. The van der Waals surface area contributed by atoms with Crippen molar-refractivity contribution in [1.82, 2.24) is 0 Å². The van der Waals surface area contributed by atoms with Gasteiger partial charge in [-0.15, -0.1) is 0 Å². The summed E-state index contributed by atoms with van der Waals surface area (Å²) in [6.07, 6.45) is 41.5. The second-order valence-corrected chi connectivity index (χ2v) is 11.0. The normalized spacial score (nSPS) is 11.5. The SMILES string of the molecule is CCCCCCCCCCCCCCCCCCCCCCCCCCCC[CH]OCCCC. The Kier molecular flexibility index (Phi) is 32.9. The standard InChI is InChI=1S/C33H67O/c1-3-5-7-8-9-10-11-12-13-14-15-16-17-18-19-20-21-22-23-24-25-26-27-28-29-30-31-33-34-32-6-4-2/h33H,3-32H2,1-2H3. The molecule has 0 fully saturated rings. The monoisotopic (exact) mass is 480 g/mol. The maximum absolute atomic E-state index is 5.51. The molecule has 1 radical (unpaired) electrons. The Hall–Kier alpha value is -0.0400. The van der Waals surface area contributed by atoms with E-state index >= 15 is 0 Å². The lowest BCUT2D eigenvalue weighted by Gasteiger charge is -2.05. The van der Waals surface area contributed by atoms with Gasteiger partial charge in [-0.3, -0.25) is 0 Å². The molecule has 1 nitrogen and oxygen atoms in total. The van der Waals surface area contributed by atoms with Gasteiger partial charge in [0.05, 0.1) is 6.61 Å². The summed E-state index contributed by atoms with van der Waals surface area (Å²) in [5, 5.41) is 0. The van der Waals surface area contributed by atoms with Crippen LogP contribution >= 0.6 is 0 Å². The molecule has 0 unspecified atom stereocenters. The van der Waals surface area contributed by atoms with Gasteiger partial charge in [0.1, 0.15) is 0 Å². The molecular weight excluding hydrogens is 412 g/mol. The third kappa shape index (κ3) is 32.0. The molecule has 0 spiro atoms. The average Bonchev–Trinajstić information content (AvgIpc) is 2.85. The molecule has 0 saturated carbocycles. The largest absolute Gasteiger partial charge is 0.376 e. The summed E-state index contributed by atoms with van der Waals surface area (Å²) < 4.78 is 5.51. The second-order valence-electron chi connectivity index (χ2n) is 11.0. The van der Waals surface area contributed by atoms with Gasteiger partial charge in [0.15, 0.2) is 0 Å². The minimum atomic E-state index is 0.913. The first-order valence-electron chi connectivity index (χ1n) is 16.3. The zero-order valence-corrected chi connectivity index (χ0v) is 24.2. The summed E-state index contributed by atoms with van der Waals surface area (Å²) in [5.74, 6) is 0. The van der Waals surface area contributed by atoms with Crippen molar-refractivity contribution >= 4 is 0 Å². The van der Waals surface area contributed by atoms with Crippen LogP contribution in [0.5, 0.6) is 0 Å². The predicted molar refractivity (Wildman–Crippen MR) is 155 cm³/mol. The van der Waals surface area contributed by atoms with Gasteiger partial charge in [0.25, 0.3) is 0 Å². The molecule has 0 atom stereocenters. The van der Waals surface area contributed by atoms with Crippen molar-refractivity contribution < 1.29 is 4.74 Å². The number of hydrogen-bond donors (Lipinski definition) is 0. The van der Waals surface area contributed by atoms with Crippen molar-refractivity contribution in [1.29, 1.82) is 0 Å². The van der Waals surface area contributed by atoms with E-state index in [1.165, 1.54) is 180 Å². The van der Waals surface area contributed by atoms with Crippen molar-refractivity contribution in [2.24, 2.45) is 0 Å². The molecule has 0 heterocycles. The quantitative estimate of drug-likeness (QED) is 0.0898. The summed E-state index contributed by atoms with van der Waals surface area (Å²) in [6, 6.07) is 0. The first-order valence-corrected chi connectivity index (χ1v) is 16.3. The highest BCUT2D eigenvalue weighted by Crippen LogP contribution is 2.16. The van der Waals surface area contributed by atoms with Crippen molar-refractivity contribution in [3.63, 3.8) is 0 Å². The van der Waals surface area contributed by atoms with Crippen LogP contribution in [0.1, 0.15) is 200 Å². The highest BCUT2D eigenvalue weighted by Gasteiger charge is 1.97. The molecule has 0 aliphatic heterocycles. The highest BCUT2D eigenvalue weighted by atomic mass is 16.5. The summed E-state index contributed by atoms with van der Waals surface area (Å²) in [7, 11) is 0. The van der Waals surface area contributed by atoms with Crippen LogP contribution in [0, 0.1) is 6.61 Å². The van der Waals surface area contributed by atoms with Crippen LogP contribution in [-0.2, 0) is 4.74 Å². The van der Waals surface area contributed by atoms with E-state index in [4.69, 9.17) is 4.74 Å². The molecule has 0 amide bonds. The Morgan fingerprint density at radius 3 is 0.882 bits per heavy atom. The maximum Gasteiger partial charge on any atom is 0.0836 e. The van der Waals surface area contributed by atoms with E-state index in [-0.39, 0.29) is 0 Å². The molecule has 0 aromatic rings. The Balaban J connectivity index is 2.99. The third-order valence-corrected chi connectivity index (χ3v) is 7.41. The van der Waals surface area contributed by atoms with Crippen LogP contribution < -0.4 is 0 Å². The molecule has 1 heteroatoms. The third-order valence-electron chi connectivity index (χ3n) is 7.41. The van der Waals surface area contributed by atoms with Gasteiger partial charge < -0.3 is 4.74 Å². The van der Waals surface area contributed by atoms with Crippen LogP contribution in [0.25, 0.3) is 0 Å². The summed E-state index contributed by atoms with van der Waals surface area (Å²) >= 11 is 0. The fraction of sp³-hybridized carbons (Fsp3) is 0.970. The Bertz CT molecular complexity index is 295. The molecule has 0 aromatic carbocycles. The molecule has 0 N–H and O–H groups in total. The van der Waals surface area contributed by atoms with E-state index in [9.17, 15) is 0 Å². The zero-order valence-electron chi connectivity index (χ0n) is 24.2. The van der Waals surface area contributed by atoms with Crippen LogP contribution in [0.2, 0.25) is 0 Å². The Morgan fingerprint density at radius 1 is 0.324 bits per heavy atom. The molecule has 0 aromatic heterocycles. The van der Waals surface area contributed by atoms with Crippen LogP contribution in [0.4, 0.5) is 0 Å². The zero-order chi connectivity index (χ0) is 24.6. The van der Waals surface area contributed by atoms with Crippen LogP contribution in [0.15, 0.2) is 0 Å². The molecule has 0 saturated heterocycles. The van der Waals surface area contributed by atoms with Crippen molar-refractivity contribution in [2.75, 3.05) is 6.61 Å².